The van der Waals surface area contributed by atoms with E-state index >= 15 is 0 Å². The van der Waals surface area contributed by atoms with E-state index in [1.54, 1.807) is 48.3 Å². The van der Waals surface area contributed by atoms with Crippen molar-refractivity contribution >= 4 is 23.2 Å². The molecule has 0 radical (unpaired) electrons. The molecule has 102 valence electrons. The molecular weight excluding hydrogens is 278 g/mol. The fraction of sp³-hybridized carbons (Fsp3) is 0.133. The van der Waals surface area contributed by atoms with Crippen LogP contribution in [0.4, 0.5) is 5.69 Å². The zero-order valence-electron chi connectivity index (χ0n) is 10.8. The fourth-order valence-corrected chi connectivity index (χ4v) is 2.22. The van der Waals surface area contributed by atoms with E-state index < -0.39 is 0 Å². The molecule has 20 heavy (non-hydrogen) atoms. The molecule has 0 aromatic heterocycles. The SMILES string of the molecule is CN(C(=O)c1cccc(Cl)c1)c1ccc2c(c1)OCO2. The summed E-state index contributed by atoms with van der Waals surface area (Å²) in [6.45, 7) is 0.213. The maximum absolute atomic E-state index is 12.4. The Morgan fingerprint density at radius 3 is 2.75 bits per heavy atom. The summed E-state index contributed by atoms with van der Waals surface area (Å²) in [5.74, 6) is 1.21. The lowest BCUT2D eigenvalue weighted by atomic mass is 10.2. The molecule has 3 rings (SSSR count). The second kappa shape index (κ2) is 5.06. The van der Waals surface area contributed by atoms with Crippen molar-refractivity contribution in [3.8, 4) is 11.5 Å². The van der Waals surface area contributed by atoms with Gasteiger partial charge in [-0.15, -0.1) is 0 Å². The first kappa shape index (κ1) is 12.8. The Labute approximate surface area is 121 Å². The number of amides is 1. The van der Waals surface area contributed by atoms with Crippen molar-refractivity contribution in [1.29, 1.82) is 0 Å². The van der Waals surface area contributed by atoms with E-state index in [1.807, 2.05) is 6.07 Å². The molecule has 1 aliphatic heterocycles. The average molecular weight is 290 g/mol. The van der Waals surface area contributed by atoms with Crippen LogP contribution in [-0.2, 0) is 0 Å². The number of anilines is 1. The molecule has 0 bridgehead atoms. The normalized spacial score (nSPS) is 12.3. The van der Waals surface area contributed by atoms with Crippen LogP contribution in [0.5, 0.6) is 11.5 Å². The molecule has 2 aromatic carbocycles. The molecule has 0 unspecified atom stereocenters. The third kappa shape index (κ3) is 2.30. The number of carbonyl (C=O) groups excluding carboxylic acids is 1. The number of ether oxygens (including phenoxy) is 2. The van der Waals surface area contributed by atoms with Crippen LogP contribution < -0.4 is 14.4 Å². The fourth-order valence-electron chi connectivity index (χ4n) is 2.03. The van der Waals surface area contributed by atoms with Gasteiger partial charge in [-0.25, -0.2) is 0 Å². The van der Waals surface area contributed by atoms with E-state index in [1.165, 1.54) is 0 Å². The van der Waals surface area contributed by atoms with Crippen LogP contribution in [0, 0.1) is 0 Å². The minimum atomic E-state index is -0.133. The molecule has 1 amide bonds. The number of nitrogens with zero attached hydrogens (tertiary/aromatic N) is 1. The van der Waals surface area contributed by atoms with Gasteiger partial charge in [0.25, 0.3) is 5.91 Å². The van der Waals surface area contributed by atoms with Crippen molar-refractivity contribution in [2.45, 2.75) is 0 Å². The van der Waals surface area contributed by atoms with Gasteiger partial charge in [0.15, 0.2) is 11.5 Å². The van der Waals surface area contributed by atoms with Crippen LogP contribution in [0.15, 0.2) is 42.5 Å². The van der Waals surface area contributed by atoms with Crippen LogP contribution in [-0.4, -0.2) is 19.7 Å². The highest BCUT2D eigenvalue weighted by Gasteiger charge is 2.18. The van der Waals surface area contributed by atoms with Gasteiger partial charge in [-0.1, -0.05) is 17.7 Å². The Morgan fingerprint density at radius 1 is 1.15 bits per heavy atom. The molecular formula is C15H12ClNO3. The minimum absolute atomic E-state index is 0.133. The Bertz CT molecular complexity index is 672. The van der Waals surface area contributed by atoms with Gasteiger partial charge in [-0.2, -0.15) is 0 Å². The second-order valence-electron chi connectivity index (χ2n) is 4.41. The average Bonchev–Trinajstić information content (AvgIpc) is 2.93. The highest BCUT2D eigenvalue weighted by Crippen LogP contribution is 2.35. The lowest BCUT2D eigenvalue weighted by molar-refractivity contribution is 0.0993. The first-order valence-electron chi connectivity index (χ1n) is 6.08. The molecule has 0 saturated heterocycles. The molecule has 0 aliphatic carbocycles. The quantitative estimate of drug-likeness (QED) is 0.851. The number of fused-ring (bicyclic) bond motifs is 1. The molecule has 0 saturated carbocycles. The van der Waals surface area contributed by atoms with Gasteiger partial charge in [-0.05, 0) is 30.3 Å². The number of halogens is 1. The Morgan fingerprint density at radius 2 is 1.95 bits per heavy atom. The second-order valence-corrected chi connectivity index (χ2v) is 4.85. The van der Waals surface area contributed by atoms with Crippen molar-refractivity contribution in [2.75, 3.05) is 18.7 Å². The smallest absolute Gasteiger partial charge is 0.258 e. The maximum Gasteiger partial charge on any atom is 0.258 e. The standard InChI is InChI=1S/C15H12ClNO3/c1-17(15(18)10-3-2-4-11(16)7-10)12-5-6-13-14(8-12)20-9-19-13/h2-8H,9H2,1H3. The zero-order valence-corrected chi connectivity index (χ0v) is 11.6. The lowest BCUT2D eigenvalue weighted by Gasteiger charge is -2.17. The van der Waals surface area contributed by atoms with Gasteiger partial charge < -0.3 is 14.4 Å². The first-order chi connectivity index (χ1) is 9.65. The monoisotopic (exact) mass is 289 g/mol. The summed E-state index contributed by atoms with van der Waals surface area (Å²) in [6.07, 6.45) is 0. The molecule has 0 N–H and O–H groups in total. The number of hydrogen-bond donors (Lipinski definition) is 0. The molecule has 1 aliphatic rings. The third-order valence-electron chi connectivity index (χ3n) is 3.12. The van der Waals surface area contributed by atoms with Crippen molar-refractivity contribution in [1.82, 2.24) is 0 Å². The van der Waals surface area contributed by atoms with E-state index in [-0.39, 0.29) is 12.7 Å². The summed E-state index contributed by atoms with van der Waals surface area (Å²) in [5.41, 5.74) is 1.27. The van der Waals surface area contributed by atoms with E-state index in [2.05, 4.69) is 0 Å². The van der Waals surface area contributed by atoms with Gasteiger partial charge in [0.05, 0.1) is 0 Å². The van der Waals surface area contributed by atoms with Gasteiger partial charge in [-0.3, -0.25) is 4.79 Å². The summed E-state index contributed by atoms with van der Waals surface area (Å²) >= 11 is 5.91. The predicted octanol–water partition coefficient (Wildman–Crippen LogP) is 3.35. The van der Waals surface area contributed by atoms with E-state index in [0.717, 1.165) is 5.69 Å². The highest BCUT2D eigenvalue weighted by atomic mass is 35.5. The number of benzene rings is 2. The summed E-state index contributed by atoms with van der Waals surface area (Å²) in [7, 11) is 1.71. The van der Waals surface area contributed by atoms with Gasteiger partial charge in [0.1, 0.15) is 0 Å². The first-order valence-corrected chi connectivity index (χ1v) is 6.46. The lowest BCUT2D eigenvalue weighted by Crippen LogP contribution is -2.26. The van der Waals surface area contributed by atoms with Gasteiger partial charge in [0.2, 0.25) is 6.79 Å². The Kier molecular flexibility index (Phi) is 3.24. The molecule has 0 fully saturated rings. The van der Waals surface area contributed by atoms with Crippen molar-refractivity contribution in [3.63, 3.8) is 0 Å². The highest BCUT2D eigenvalue weighted by molar-refractivity contribution is 6.31. The molecule has 1 heterocycles. The Hall–Kier alpha value is -2.20. The number of hydrogen-bond acceptors (Lipinski definition) is 3. The van der Waals surface area contributed by atoms with Crippen LogP contribution in [0.1, 0.15) is 10.4 Å². The minimum Gasteiger partial charge on any atom is -0.454 e. The van der Waals surface area contributed by atoms with E-state index in [4.69, 9.17) is 21.1 Å². The Balaban J connectivity index is 1.88. The largest absolute Gasteiger partial charge is 0.454 e. The topological polar surface area (TPSA) is 38.8 Å². The number of carbonyl (C=O) groups is 1. The molecule has 0 atom stereocenters. The predicted molar refractivity (Wildman–Crippen MR) is 76.8 cm³/mol. The molecule has 5 heteroatoms. The van der Waals surface area contributed by atoms with E-state index in [9.17, 15) is 4.79 Å². The van der Waals surface area contributed by atoms with Crippen LogP contribution >= 0.6 is 11.6 Å². The van der Waals surface area contributed by atoms with Crippen molar-refractivity contribution in [2.24, 2.45) is 0 Å². The molecule has 0 spiro atoms. The molecule has 4 nitrogen and oxygen atoms in total. The summed E-state index contributed by atoms with van der Waals surface area (Å²) in [5, 5.41) is 0.537. The van der Waals surface area contributed by atoms with E-state index in [0.29, 0.717) is 22.1 Å². The van der Waals surface area contributed by atoms with Gasteiger partial charge >= 0.3 is 0 Å². The van der Waals surface area contributed by atoms with Crippen molar-refractivity contribution in [3.05, 3.63) is 53.1 Å². The van der Waals surface area contributed by atoms with Crippen LogP contribution in [0.2, 0.25) is 5.02 Å². The van der Waals surface area contributed by atoms with Crippen molar-refractivity contribution < 1.29 is 14.3 Å². The van der Waals surface area contributed by atoms with Crippen LogP contribution in [0.3, 0.4) is 0 Å². The third-order valence-corrected chi connectivity index (χ3v) is 3.35. The molecule has 2 aromatic rings. The maximum atomic E-state index is 12.4. The summed E-state index contributed by atoms with van der Waals surface area (Å²) in [6, 6.07) is 12.3. The summed E-state index contributed by atoms with van der Waals surface area (Å²) in [4.78, 5) is 13.9. The van der Waals surface area contributed by atoms with Gasteiger partial charge in [0, 0.05) is 29.4 Å². The number of rotatable bonds is 2. The summed E-state index contributed by atoms with van der Waals surface area (Å²) < 4.78 is 10.6. The zero-order chi connectivity index (χ0) is 14.1. The van der Waals surface area contributed by atoms with Crippen LogP contribution in [0.25, 0.3) is 0 Å².